The fourth-order valence-corrected chi connectivity index (χ4v) is 1.89. The van der Waals surface area contributed by atoms with Gasteiger partial charge in [-0.2, -0.15) is 0 Å². The van der Waals surface area contributed by atoms with E-state index in [-0.39, 0.29) is 12.2 Å². The summed E-state index contributed by atoms with van der Waals surface area (Å²) in [4.78, 5) is 10.9. The number of carboxylic acid groups (broad SMARTS) is 1. The van der Waals surface area contributed by atoms with Crippen LogP contribution in [0.1, 0.15) is 15.9 Å². The summed E-state index contributed by atoms with van der Waals surface area (Å²) < 4.78 is 10.8. The van der Waals surface area contributed by atoms with Crippen LogP contribution in [0.4, 0.5) is 0 Å². The van der Waals surface area contributed by atoms with E-state index in [1.54, 1.807) is 30.3 Å². The van der Waals surface area contributed by atoms with Gasteiger partial charge in [0.25, 0.3) is 0 Å². The predicted octanol–water partition coefficient (Wildman–Crippen LogP) is 3.63. The van der Waals surface area contributed by atoms with Gasteiger partial charge in [0.2, 0.25) is 0 Å². The Balaban J connectivity index is 2.15. The molecule has 0 saturated heterocycles. The lowest BCUT2D eigenvalue weighted by atomic mass is 10.1. The SMILES string of the molecule is COc1cc(C(=O)O)ccc1COc1cccc(Cl)c1. The fraction of sp³-hybridized carbons (Fsp3) is 0.133. The zero-order valence-corrected chi connectivity index (χ0v) is 11.6. The molecule has 0 spiro atoms. The van der Waals surface area contributed by atoms with Crippen LogP contribution in [0.25, 0.3) is 0 Å². The second-order valence-corrected chi connectivity index (χ2v) is 4.51. The van der Waals surface area contributed by atoms with Crippen molar-refractivity contribution in [3.63, 3.8) is 0 Å². The van der Waals surface area contributed by atoms with Gasteiger partial charge in [0, 0.05) is 10.6 Å². The molecule has 0 bridgehead atoms. The van der Waals surface area contributed by atoms with Crippen LogP contribution in [0.3, 0.4) is 0 Å². The summed E-state index contributed by atoms with van der Waals surface area (Å²) in [6.45, 7) is 0.267. The number of halogens is 1. The van der Waals surface area contributed by atoms with Gasteiger partial charge in [-0.25, -0.2) is 4.79 Å². The molecule has 0 heterocycles. The van der Waals surface area contributed by atoms with Gasteiger partial charge in [0.05, 0.1) is 12.7 Å². The molecule has 0 aliphatic rings. The van der Waals surface area contributed by atoms with E-state index in [0.717, 1.165) is 5.56 Å². The molecule has 2 aromatic rings. The van der Waals surface area contributed by atoms with Gasteiger partial charge in [0.15, 0.2) is 0 Å². The van der Waals surface area contributed by atoms with Crippen LogP contribution in [-0.2, 0) is 6.61 Å². The topological polar surface area (TPSA) is 55.8 Å². The van der Waals surface area contributed by atoms with Crippen LogP contribution in [0.15, 0.2) is 42.5 Å². The Hall–Kier alpha value is -2.20. The van der Waals surface area contributed by atoms with Gasteiger partial charge in [0.1, 0.15) is 18.1 Å². The number of hydrogen-bond acceptors (Lipinski definition) is 3. The van der Waals surface area contributed by atoms with Crippen LogP contribution in [-0.4, -0.2) is 18.2 Å². The maximum Gasteiger partial charge on any atom is 0.335 e. The monoisotopic (exact) mass is 292 g/mol. The van der Waals surface area contributed by atoms with Gasteiger partial charge < -0.3 is 14.6 Å². The molecule has 0 aromatic heterocycles. The molecule has 0 saturated carbocycles. The third kappa shape index (κ3) is 3.42. The first-order chi connectivity index (χ1) is 9.60. The zero-order valence-electron chi connectivity index (χ0n) is 10.8. The van der Waals surface area contributed by atoms with Crippen molar-refractivity contribution in [1.29, 1.82) is 0 Å². The normalized spacial score (nSPS) is 10.1. The Morgan fingerprint density at radius 3 is 2.70 bits per heavy atom. The lowest BCUT2D eigenvalue weighted by molar-refractivity contribution is 0.0696. The summed E-state index contributed by atoms with van der Waals surface area (Å²) in [6.07, 6.45) is 0. The molecule has 1 N–H and O–H groups in total. The van der Waals surface area contributed by atoms with Gasteiger partial charge >= 0.3 is 5.97 Å². The Kier molecular flexibility index (Phi) is 4.48. The lowest BCUT2D eigenvalue weighted by Crippen LogP contribution is -2.02. The number of hydrogen-bond donors (Lipinski definition) is 1. The molecule has 2 rings (SSSR count). The van der Waals surface area contributed by atoms with E-state index >= 15 is 0 Å². The van der Waals surface area contributed by atoms with E-state index in [2.05, 4.69) is 0 Å². The second kappa shape index (κ2) is 6.30. The molecule has 20 heavy (non-hydrogen) atoms. The molecule has 0 aliphatic heterocycles. The summed E-state index contributed by atoms with van der Waals surface area (Å²) in [5.41, 5.74) is 0.936. The maximum atomic E-state index is 10.9. The standard InChI is InChI=1S/C15H13ClO4/c1-19-14-7-10(15(17)18)5-6-11(14)9-20-13-4-2-3-12(16)8-13/h2-8H,9H2,1H3,(H,17,18). The molecule has 0 atom stereocenters. The second-order valence-electron chi connectivity index (χ2n) is 4.08. The first kappa shape index (κ1) is 14.2. The van der Waals surface area contributed by atoms with Gasteiger partial charge in [-0.3, -0.25) is 0 Å². The highest BCUT2D eigenvalue weighted by Crippen LogP contribution is 2.23. The summed E-state index contributed by atoms with van der Waals surface area (Å²) in [5.74, 6) is 0.124. The molecule has 2 aromatic carbocycles. The summed E-state index contributed by atoms with van der Waals surface area (Å²) in [7, 11) is 1.49. The number of benzene rings is 2. The number of carbonyl (C=O) groups is 1. The number of rotatable bonds is 5. The molecular weight excluding hydrogens is 280 g/mol. The molecule has 0 fully saturated rings. The van der Waals surface area contributed by atoms with Crippen molar-refractivity contribution in [2.45, 2.75) is 6.61 Å². The summed E-state index contributed by atoms with van der Waals surface area (Å²) in [6, 6.07) is 11.7. The van der Waals surface area contributed by atoms with Crippen molar-refractivity contribution in [2.75, 3.05) is 7.11 Å². The number of methoxy groups -OCH3 is 1. The smallest absolute Gasteiger partial charge is 0.335 e. The van der Waals surface area contributed by atoms with Gasteiger partial charge in [-0.1, -0.05) is 23.7 Å². The minimum atomic E-state index is -0.995. The first-order valence-electron chi connectivity index (χ1n) is 5.88. The van der Waals surface area contributed by atoms with Crippen molar-refractivity contribution < 1.29 is 19.4 Å². The quantitative estimate of drug-likeness (QED) is 0.914. The van der Waals surface area contributed by atoms with E-state index in [9.17, 15) is 4.79 Å². The fourth-order valence-electron chi connectivity index (χ4n) is 1.71. The van der Waals surface area contributed by atoms with Crippen LogP contribution in [0, 0.1) is 0 Å². The molecule has 104 valence electrons. The third-order valence-electron chi connectivity index (χ3n) is 2.72. The molecule has 5 heteroatoms. The van der Waals surface area contributed by atoms with E-state index < -0.39 is 5.97 Å². The van der Waals surface area contributed by atoms with Gasteiger partial charge in [-0.15, -0.1) is 0 Å². The Labute approximate surface area is 121 Å². The van der Waals surface area contributed by atoms with Crippen LogP contribution in [0.2, 0.25) is 5.02 Å². The van der Waals surface area contributed by atoms with Crippen LogP contribution < -0.4 is 9.47 Å². The highest BCUT2D eigenvalue weighted by Gasteiger charge is 2.09. The molecule has 0 aliphatic carbocycles. The third-order valence-corrected chi connectivity index (χ3v) is 2.96. The van der Waals surface area contributed by atoms with Crippen LogP contribution >= 0.6 is 11.6 Å². The average molecular weight is 293 g/mol. The first-order valence-corrected chi connectivity index (χ1v) is 6.26. The minimum absolute atomic E-state index is 0.174. The van der Waals surface area contributed by atoms with Gasteiger partial charge in [-0.05, 0) is 30.3 Å². The zero-order chi connectivity index (χ0) is 14.5. The van der Waals surface area contributed by atoms with Crippen molar-refractivity contribution in [1.82, 2.24) is 0 Å². The predicted molar refractivity (Wildman–Crippen MR) is 75.7 cm³/mol. The summed E-state index contributed by atoms with van der Waals surface area (Å²) >= 11 is 5.87. The number of carboxylic acids is 1. The Bertz CT molecular complexity index is 625. The number of aromatic carboxylic acids is 1. The van der Waals surface area contributed by atoms with Crippen molar-refractivity contribution in [2.24, 2.45) is 0 Å². The summed E-state index contributed by atoms with van der Waals surface area (Å²) in [5, 5.41) is 9.53. The molecule has 0 radical (unpaired) electrons. The molecule has 4 nitrogen and oxygen atoms in total. The van der Waals surface area contributed by atoms with E-state index in [1.165, 1.54) is 19.2 Å². The lowest BCUT2D eigenvalue weighted by Gasteiger charge is -2.11. The maximum absolute atomic E-state index is 10.9. The number of ether oxygens (including phenoxy) is 2. The Morgan fingerprint density at radius 2 is 2.05 bits per heavy atom. The Morgan fingerprint density at radius 1 is 1.25 bits per heavy atom. The van der Waals surface area contributed by atoms with E-state index in [0.29, 0.717) is 16.5 Å². The van der Waals surface area contributed by atoms with E-state index in [4.69, 9.17) is 26.2 Å². The van der Waals surface area contributed by atoms with Crippen molar-refractivity contribution >= 4 is 17.6 Å². The average Bonchev–Trinajstić information content (AvgIpc) is 2.45. The molecule has 0 amide bonds. The molecular formula is C15H13ClO4. The minimum Gasteiger partial charge on any atom is -0.496 e. The van der Waals surface area contributed by atoms with Crippen molar-refractivity contribution in [3.05, 3.63) is 58.6 Å². The van der Waals surface area contributed by atoms with Crippen LogP contribution in [0.5, 0.6) is 11.5 Å². The van der Waals surface area contributed by atoms with Crippen molar-refractivity contribution in [3.8, 4) is 11.5 Å². The highest BCUT2D eigenvalue weighted by atomic mass is 35.5. The molecule has 0 unspecified atom stereocenters. The largest absolute Gasteiger partial charge is 0.496 e. The highest BCUT2D eigenvalue weighted by molar-refractivity contribution is 6.30. The van der Waals surface area contributed by atoms with E-state index in [1.807, 2.05) is 0 Å².